The lowest BCUT2D eigenvalue weighted by molar-refractivity contribution is 0.284. The fourth-order valence-corrected chi connectivity index (χ4v) is 0.590. The molecule has 0 aromatic carbocycles. The molecule has 0 radical (unpaired) electrons. The summed E-state index contributed by atoms with van der Waals surface area (Å²) in [4.78, 5) is 5.46. The fourth-order valence-electron chi connectivity index (χ4n) is 0.590. The van der Waals surface area contributed by atoms with Crippen LogP contribution in [0.3, 0.4) is 0 Å². The minimum absolute atomic E-state index is 0.108. The molecule has 12 heavy (non-hydrogen) atoms. The molecule has 0 bridgehead atoms. The third-order valence-electron chi connectivity index (χ3n) is 1.02. The van der Waals surface area contributed by atoms with Crippen LogP contribution in [-0.2, 0) is 0 Å². The van der Waals surface area contributed by atoms with Crippen LogP contribution in [0.1, 0.15) is 6.92 Å². The molecule has 1 aromatic rings. The van der Waals surface area contributed by atoms with E-state index in [0.717, 1.165) is 0 Å². The van der Waals surface area contributed by atoms with Gasteiger partial charge in [0, 0.05) is 0 Å². The average molecular weight is 178 g/mol. The van der Waals surface area contributed by atoms with Crippen LogP contribution < -0.4 is 4.74 Å². The predicted molar refractivity (Wildman–Crippen MR) is 33.1 cm³/mol. The molecule has 1 aromatic heterocycles. The van der Waals surface area contributed by atoms with Crippen molar-refractivity contribution < 1.29 is 17.9 Å². The molecule has 0 amide bonds. The molecule has 0 aliphatic carbocycles. The van der Waals surface area contributed by atoms with Gasteiger partial charge in [0.25, 0.3) is 23.7 Å². The summed E-state index contributed by atoms with van der Waals surface area (Å²) in [6, 6.07) is 0. The second kappa shape index (κ2) is 3.38. The molecule has 1 rings (SSSR count). The molecule has 0 fully saturated rings. The first kappa shape index (κ1) is 8.76. The quantitative estimate of drug-likeness (QED) is 0.684. The van der Waals surface area contributed by atoms with Crippen LogP contribution in [0.25, 0.3) is 0 Å². The SMILES string of the molecule is CCOc1nc(F)c(F)nc1F. The molecule has 0 aliphatic heterocycles. The standard InChI is InChI=1S/C6H5F3N2O/c1-2-12-6-5(9)10-3(7)4(8)11-6/h2H2,1H3. The zero-order chi connectivity index (χ0) is 9.14. The molecule has 0 unspecified atom stereocenters. The molecular formula is C6H5F3N2O. The topological polar surface area (TPSA) is 35.0 Å². The number of aromatic nitrogens is 2. The zero-order valence-corrected chi connectivity index (χ0v) is 6.14. The predicted octanol–water partition coefficient (Wildman–Crippen LogP) is 1.29. The van der Waals surface area contributed by atoms with Gasteiger partial charge in [-0.2, -0.15) is 23.1 Å². The van der Waals surface area contributed by atoms with Gasteiger partial charge in [-0.3, -0.25) is 0 Å². The Balaban J connectivity index is 3.05. The smallest absolute Gasteiger partial charge is 0.278 e. The Hall–Kier alpha value is -1.33. The third kappa shape index (κ3) is 1.63. The van der Waals surface area contributed by atoms with Crippen molar-refractivity contribution in [3.8, 4) is 5.88 Å². The first-order valence-corrected chi connectivity index (χ1v) is 3.16. The second-order valence-corrected chi connectivity index (χ2v) is 1.83. The Morgan fingerprint density at radius 3 is 2.25 bits per heavy atom. The van der Waals surface area contributed by atoms with E-state index in [1.54, 1.807) is 6.92 Å². The molecule has 0 saturated heterocycles. The van der Waals surface area contributed by atoms with Crippen molar-refractivity contribution in [1.82, 2.24) is 9.97 Å². The summed E-state index contributed by atoms with van der Waals surface area (Å²) in [5, 5.41) is 0. The first-order chi connectivity index (χ1) is 5.65. The maximum atomic E-state index is 12.5. The van der Waals surface area contributed by atoms with Crippen LogP contribution in [-0.4, -0.2) is 16.6 Å². The molecular weight excluding hydrogens is 173 g/mol. The van der Waals surface area contributed by atoms with E-state index in [1.807, 2.05) is 0 Å². The number of nitrogens with zero attached hydrogens (tertiary/aromatic N) is 2. The van der Waals surface area contributed by atoms with E-state index in [0.29, 0.717) is 0 Å². The molecule has 0 spiro atoms. The summed E-state index contributed by atoms with van der Waals surface area (Å²) in [6.45, 7) is 1.67. The van der Waals surface area contributed by atoms with Gasteiger partial charge in [-0.25, -0.2) is 0 Å². The molecule has 0 atom stereocenters. The van der Waals surface area contributed by atoms with Gasteiger partial charge < -0.3 is 4.74 Å². The number of rotatable bonds is 2. The van der Waals surface area contributed by atoms with Gasteiger partial charge in [0.1, 0.15) is 0 Å². The van der Waals surface area contributed by atoms with Crippen molar-refractivity contribution in [1.29, 1.82) is 0 Å². The molecule has 0 N–H and O–H groups in total. The highest BCUT2D eigenvalue weighted by Crippen LogP contribution is 2.12. The van der Waals surface area contributed by atoms with Gasteiger partial charge in [0.2, 0.25) is 0 Å². The summed E-state index contributed by atoms with van der Waals surface area (Å²) in [5.41, 5.74) is 0. The maximum Gasteiger partial charge on any atom is 0.278 e. The van der Waals surface area contributed by atoms with Crippen LogP contribution in [0.15, 0.2) is 0 Å². The zero-order valence-electron chi connectivity index (χ0n) is 6.14. The summed E-state index contributed by atoms with van der Waals surface area (Å²) in [6.07, 6.45) is 0. The van der Waals surface area contributed by atoms with Gasteiger partial charge in [-0.05, 0) is 6.92 Å². The Labute approximate surface area is 66.2 Å². The second-order valence-electron chi connectivity index (χ2n) is 1.83. The molecule has 1 heterocycles. The average Bonchev–Trinajstić information content (AvgIpc) is 2.01. The van der Waals surface area contributed by atoms with Crippen molar-refractivity contribution in [3.05, 3.63) is 17.8 Å². The van der Waals surface area contributed by atoms with E-state index in [4.69, 9.17) is 0 Å². The summed E-state index contributed by atoms with van der Waals surface area (Å²) < 4.78 is 41.5. The molecule has 3 nitrogen and oxygen atoms in total. The molecule has 6 heteroatoms. The van der Waals surface area contributed by atoms with Gasteiger partial charge in [0.05, 0.1) is 6.61 Å². The first-order valence-electron chi connectivity index (χ1n) is 3.16. The van der Waals surface area contributed by atoms with E-state index in [2.05, 4.69) is 14.7 Å². The molecule has 0 aliphatic rings. The van der Waals surface area contributed by atoms with E-state index < -0.39 is 23.7 Å². The van der Waals surface area contributed by atoms with Crippen molar-refractivity contribution in [3.63, 3.8) is 0 Å². The summed E-state index contributed by atoms with van der Waals surface area (Å²) in [5.74, 6) is -4.93. The van der Waals surface area contributed by atoms with Crippen molar-refractivity contribution in [2.45, 2.75) is 6.92 Å². The highest BCUT2D eigenvalue weighted by Gasteiger charge is 2.13. The Bertz CT molecular complexity index is 292. The van der Waals surface area contributed by atoms with Crippen LogP contribution in [0.5, 0.6) is 5.88 Å². The lowest BCUT2D eigenvalue weighted by Gasteiger charge is -2.01. The lowest BCUT2D eigenvalue weighted by Crippen LogP contribution is -2.04. The van der Waals surface area contributed by atoms with E-state index >= 15 is 0 Å². The molecule has 66 valence electrons. The minimum atomic E-state index is -1.57. The Morgan fingerprint density at radius 2 is 1.67 bits per heavy atom. The monoisotopic (exact) mass is 178 g/mol. The largest absolute Gasteiger partial charge is 0.475 e. The number of halogens is 3. The Kier molecular flexibility index (Phi) is 2.47. The van der Waals surface area contributed by atoms with Crippen molar-refractivity contribution in [2.75, 3.05) is 6.61 Å². The van der Waals surface area contributed by atoms with Crippen LogP contribution in [0.2, 0.25) is 0 Å². The fraction of sp³-hybridized carbons (Fsp3) is 0.333. The third-order valence-corrected chi connectivity index (χ3v) is 1.02. The summed E-state index contributed by atoms with van der Waals surface area (Å²) >= 11 is 0. The van der Waals surface area contributed by atoms with Gasteiger partial charge >= 0.3 is 0 Å². The number of hydrogen-bond acceptors (Lipinski definition) is 3. The highest BCUT2D eigenvalue weighted by molar-refractivity contribution is 5.06. The van der Waals surface area contributed by atoms with E-state index in [9.17, 15) is 13.2 Å². The van der Waals surface area contributed by atoms with E-state index in [1.165, 1.54) is 0 Å². The summed E-state index contributed by atoms with van der Waals surface area (Å²) in [7, 11) is 0. The van der Waals surface area contributed by atoms with Crippen molar-refractivity contribution >= 4 is 0 Å². The van der Waals surface area contributed by atoms with Crippen LogP contribution in [0.4, 0.5) is 13.2 Å². The van der Waals surface area contributed by atoms with Crippen molar-refractivity contribution in [2.24, 2.45) is 0 Å². The highest BCUT2D eigenvalue weighted by atomic mass is 19.2. The van der Waals surface area contributed by atoms with Crippen LogP contribution >= 0.6 is 0 Å². The normalized spacial score (nSPS) is 10.0. The number of hydrogen-bond donors (Lipinski definition) is 0. The number of ether oxygens (including phenoxy) is 1. The van der Waals surface area contributed by atoms with Gasteiger partial charge in [-0.1, -0.05) is 0 Å². The Morgan fingerprint density at radius 1 is 1.08 bits per heavy atom. The van der Waals surface area contributed by atoms with Gasteiger partial charge in [-0.15, -0.1) is 0 Å². The molecule has 0 saturated carbocycles. The minimum Gasteiger partial charge on any atom is -0.475 e. The van der Waals surface area contributed by atoms with E-state index in [-0.39, 0.29) is 6.61 Å². The maximum absolute atomic E-state index is 12.5. The lowest BCUT2D eigenvalue weighted by atomic mass is 10.6. The van der Waals surface area contributed by atoms with Gasteiger partial charge in [0.15, 0.2) is 0 Å². The van der Waals surface area contributed by atoms with Crippen LogP contribution in [0, 0.1) is 17.8 Å².